The number of allylic oxidation sites excluding steroid dienone is 5. The van der Waals surface area contributed by atoms with E-state index >= 15 is 0 Å². The molecule has 0 aliphatic heterocycles. The van der Waals surface area contributed by atoms with Crippen molar-refractivity contribution >= 4 is 22.7 Å². The topological polar surface area (TPSA) is 47.9 Å². The lowest BCUT2D eigenvalue weighted by atomic mass is 9.81. The molecule has 1 unspecified atom stereocenters. The lowest BCUT2D eigenvalue weighted by Crippen LogP contribution is -2.20. The van der Waals surface area contributed by atoms with Gasteiger partial charge in [-0.15, -0.1) is 11.6 Å². The number of hydrogen-bond acceptors (Lipinski definition) is 4. The van der Waals surface area contributed by atoms with E-state index in [4.69, 9.17) is 25.8 Å². The molecule has 0 fully saturated rings. The molecule has 2 aromatic carbocycles. The van der Waals surface area contributed by atoms with Crippen LogP contribution in [0.15, 0.2) is 78.6 Å². The maximum absolute atomic E-state index is 9.79. The molecule has 1 aliphatic rings. The minimum absolute atomic E-state index is 0.163. The van der Waals surface area contributed by atoms with Gasteiger partial charge < -0.3 is 19.3 Å². The number of hydrogen-bond donors (Lipinski definition) is 1. The monoisotopic (exact) mass is 470 g/mol. The molecule has 33 heavy (non-hydrogen) atoms. The van der Waals surface area contributed by atoms with Crippen LogP contribution in [0.2, 0.25) is 0 Å². The van der Waals surface area contributed by atoms with E-state index < -0.39 is 6.29 Å². The molecule has 1 aliphatic carbocycles. The van der Waals surface area contributed by atoms with E-state index in [1.54, 1.807) is 26.4 Å². The summed E-state index contributed by atoms with van der Waals surface area (Å²) in [4.78, 5) is 0. The minimum Gasteiger partial charge on any atom is -0.508 e. The quantitative estimate of drug-likeness (QED) is 0.229. The molecule has 0 radical (unpaired) electrons. The number of aromatic hydroxyl groups is 1. The second kappa shape index (κ2) is 14.6. The van der Waals surface area contributed by atoms with Crippen LogP contribution in [0.3, 0.4) is 0 Å². The zero-order valence-corrected chi connectivity index (χ0v) is 20.7. The largest absolute Gasteiger partial charge is 0.508 e. The zero-order chi connectivity index (χ0) is 24.1. The molecule has 178 valence electrons. The van der Waals surface area contributed by atoms with Crippen LogP contribution in [-0.4, -0.2) is 38.1 Å². The van der Waals surface area contributed by atoms with Gasteiger partial charge in [0.1, 0.15) is 18.1 Å². The van der Waals surface area contributed by atoms with Gasteiger partial charge in [0, 0.05) is 26.0 Å². The normalized spacial score (nSPS) is 15.9. The van der Waals surface area contributed by atoms with Crippen LogP contribution >= 0.6 is 11.6 Å². The van der Waals surface area contributed by atoms with Gasteiger partial charge in [0.15, 0.2) is 6.29 Å². The Bertz CT molecular complexity index is 913. The van der Waals surface area contributed by atoms with Crippen molar-refractivity contribution in [1.82, 2.24) is 0 Å². The molecule has 5 heteroatoms. The molecular weight excluding hydrogens is 436 g/mol. The summed E-state index contributed by atoms with van der Waals surface area (Å²) in [5.74, 6) is 1.75. The van der Waals surface area contributed by atoms with Gasteiger partial charge in [-0.3, -0.25) is 0 Å². The number of ether oxygens (including phenoxy) is 3. The van der Waals surface area contributed by atoms with Crippen LogP contribution in [-0.2, 0) is 14.2 Å². The Hall–Kier alpha value is -2.53. The van der Waals surface area contributed by atoms with Gasteiger partial charge in [0.25, 0.3) is 0 Å². The number of phenols is 1. The highest BCUT2D eigenvalue weighted by Gasteiger charge is 2.21. The number of benzene rings is 2. The standard InChI is InChI=1S/C26H29ClO4.C2H6/c1-29-25(30-2)18-31-23-14-10-21(11-15-23)26(20-8-12-22(28)13-9-20)24(16-17-27)19-6-4-3-5-7-19;1-2/h3-10,12-15,21,25,28H,11,16-18H2,1-2H3;1-2H3/b26-24-;. The minimum atomic E-state index is -0.395. The van der Waals surface area contributed by atoms with E-state index in [1.165, 1.54) is 11.1 Å². The van der Waals surface area contributed by atoms with Crippen molar-refractivity contribution in [2.45, 2.75) is 33.0 Å². The summed E-state index contributed by atoms with van der Waals surface area (Å²) >= 11 is 6.22. The number of phenolic OH excluding ortho intramolecular Hbond substituents is 1. The van der Waals surface area contributed by atoms with Crippen LogP contribution < -0.4 is 0 Å². The van der Waals surface area contributed by atoms with Crippen molar-refractivity contribution in [2.75, 3.05) is 26.7 Å². The van der Waals surface area contributed by atoms with E-state index in [0.29, 0.717) is 12.5 Å². The van der Waals surface area contributed by atoms with Gasteiger partial charge in [0.2, 0.25) is 0 Å². The summed E-state index contributed by atoms with van der Waals surface area (Å²) in [6, 6.07) is 17.7. The van der Waals surface area contributed by atoms with E-state index in [-0.39, 0.29) is 11.7 Å². The molecule has 0 aromatic heterocycles. The Labute approximate surface area is 203 Å². The third-order valence-electron chi connectivity index (χ3n) is 5.32. The van der Waals surface area contributed by atoms with Crippen molar-refractivity contribution in [1.29, 1.82) is 0 Å². The maximum atomic E-state index is 9.79. The fraction of sp³-hybridized carbons (Fsp3) is 0.357. The number of alkyl halides is 1. The smallest absolute Gasteiger partial charge is 0.191 e. The molecule has 0 amide bonds. The number of halogens is 1. The van der Waals surface area contributed by atoms with Crippen molar-refractivity contribution in [3.63, 3.8) is 0 Å². The average molecular weight is 471 g/mol. The molecule has 0 heterocycles. The van der Waals surface area contributed by atoms with Gasteiger partial charge in [0.05, 0.1) is 0 Å². The first-order chi connectivity index (χ1) is 16.2. The van der Waals surface area contributed by atoms with Crippen molar-refractivity contribution in [2.24, 2.45) is 5.92 Å². The lowest BCUT2D eigenvalue weighted by Gasteiger charge is -2.25. The maximum Gasteiger partial charge on any atom is 0.191 e. The summed E-state index contributed by atoms with van der Waals surface area (Å²) in [7, 11) is 3.19. The Kier molecular flexibility index (Phi) is 11.8. The lowest BCUT2D eigenvalue weighted by molar-refractivity contribution is -0.130. The van der Waals surface area contributed by atoms with Crippen LogP contribution in [0.1, 0.15) is 37.8 Å². The van der Waals surface area contributed by atoms with Gasteiger partial charge in [-0.25, -0.2) is 0 Å². The van der Waals surface area contributed by atoms with Crippen LogP contribution in [0.25, 0.3) is 11.1 Å². The molecular formula is C28H35ClO4. The molecule has 2 aromatic rings. The van der Waals surface area contributed by atoms with Crippen LogP contribution in [0.5, 0.6) is 5.75 Å². The average Bonchev–Trinajstić information content (AvgIpc) is 2.88. The Morgan fingerprint density at radius 2 is 1.67 bits per heavy atom. The van der Waals surface area contributed by atoms with E-state index in [1.807, 2.05) is 50.3 Å². The van der Waals surface area contributed by atoms with Crippen molar-refractivity contribution in [3.8, 4) is 5.75 Å². The number of rotatable bonds is 10. The Morgan fingerprint density at radius 3 is 2.21 bits per heavy atom. The molecule has 0 saturated carbocycles. The molecule has 1 atom stereocenters. The highest BCUT2D eigenvalue weighted by molar-refractivity contribution is 6.18. The van der Waals surface area contributed by atoms with E-state index in [0.717, 1.165) is 29.7 Å². The molecule has 4 nitrogen and oxygen atoms in total. The highest BCUT2D eigenvalue weighted by Crippen LogP contribution is 2.39. The van der Waals surface area contributed by atoms with Gasteiger partial charge in [-0.2, -0.15) is 0 Å². The summed E-state index contributed by atoms with van der Waals surface area (Å²) < 4.78 is 16.2. The molecule has 3 rings (SSSR count). The summed E-state index contributed by atoms with van der Waals surface area (Å²) in [6.07, 6.45) is 7.42. The van der Waals surface area contributed by atoms with Crippen molar-refractivity contribution < 1.29 is 19.3 Å². The first kappa shape index (κ1) is 26.7. The van der Waals surface area contributed by atoms with Crippen LogP contribution in [0.4, 0.5) is 0 Å². The summed E-state index contributed by atoms with van der Waals surface area (Å²) in [6.45, 7) is 4.33. The van der Waals surface area contributed by atoms with Gasteiger partial charge in [-0.05, 0) is 59.4 Å². The van der Waals surface area contributed by atoms with E-state index in [9.17, 15) is 5.11 Å². The molecule has 0 saturated heterocycles. The van der Waals surface area contributed by atoms with Crippen molar-refractivity contribution in [3.05, 3.63) is 89.7 Å². The predicted molar refractivity (Wildman–Crippen MR) is 137 cm³/mol. The van der Waals surface area contributed by atoms with Gasteiger partial charge in [-0.1, -0.05) is 62.4 Å². The van der Waals surface area contributed by atoms with E-state index in [2.05, 4.69) is 24.3 Å². The van der Waals surface area contributed by atoms with Crippen LogP contribution in [0, 0.1) is 5.92 Å². The summed E-state index contributed by atoms with van der Waals surface area (Å²) in [5.41, 5.74) is 4.67. The highest BCUT2D eigenvalue weighted by atomic mass is 35.5. The molecule has 1 N–H and O–H groups in total. The third kappa shape index (κ3) is 7.78. The Morgan fingerprint density at radius 1 is 1.00 bits per heavy atom. The van der Waals surface area contributed by atoms with Gasteiger partial charge >= 0.3 is 0 Å². The summed E-state index contributed by atoms with van der Waals surface area (Å²) in [5, 5.41) is 9.79. The fourth-order valence-electron chi connectivity index (χ4n) is 3.74. The second-order valence-corrected chi connectivity index (χ2v) is 7.64. The third-order valence-corrected chi connectivity index (χ3v) is 5.51. The fourth-order valence-corrected chi connectivity index (χ4v) is 3.93. The second-order valence-electron chi connectivity index (χ2n) is 7.26. The molecule has 0 bridgehead atoms. The first-order valence-corrected chi connectivity index (χ1v) is 11.9. The molecule has 0 spiro atoms. The SMILES string of the molecule is CC.COC(COC1=CCC(/C(=C(/CCCl)c2ccccc2)c2ccc(O)cc2)C=C1)OC. The Balaban J connectivity index is 0.00000187. The zero-order valence-electron chi connectivity index (χ0n) is 20.0. The first-order valence-electron chi connectivity index (χ1n) is 11.4. The number of methoxy groups -OCH3 is 2. The predicted octanol–water partition coefficient (Wildman–Crippen LogP) is 7.05.